The number of nitrogens with zero attached hydrogens (tertiary/aromatic N) is 2. The normalized spacial score (nSPS) is 15.5. The Morgan fingerprint density at radius 3 is 2.50 bits per heavy atom. The molecule has 1 atom stereocenters. The van der Waals surface area contributed by atoms with Crippen LogP contribution in [0.1, 0.15) is 38.1 Å². The number of hydrogen-bond donors (Lipinski definition) is 0. The van der Waals surface area contributed by atoms with E-state index in [2.05, 4.69) is 20.9 Å². The summed E-state index contributed by atoms with van der Waals surface area (Å²) in [6.07, 6.45) is 3.43. The molecule has 1 aliphatic rings. The molecule has 6 nitrogen and oxygen atoms in total. The van der Waals surface area contributed by atoms with Crippen molar-refractivity contribution in [3.63, 3.8) is 0 Å². The third kappa shape index (κ3) is 5.23. The van der Waals surface area contributed by atoms with Crippen LogP contribution in [-0.4, -0.2) is 22.9 Å². The highest BCUT2D eigenvalue weighted by molar-refractivity contribution is 9.10. The molecule has 9 heteroatoms. The molecule has 0 bridgehead atoms. The van der Waals surface area contributed by atoms with Crippen LogP contribution >= 0.6 is 39.0 Å². The van der Waals surface area contributed by atoms with Crippen LogP contribution in [0.3, 0.4) is 0 Å². The summed E-state index contributed by atoms with van der Waals surface area (Å²) in [6.45, 7) is 5.39. The topological polar surface area (TPSA) is 73.8 Å². The predicted molar refractivity (Wildman–Crippen MR) is 155 cm³/mol. The molecule has 38 heavy (non-hydrogen) atoms. The van der Waals surface area contributed by atoms with E-state index < -0.39 is 12.0 Å². The van der Waals surface area contributed by atoms with E-state index in [1.807, 2.05) is 66.9 Å². The van der Waals surface area contributed by atoms with E-state index in [4.69, 9.17) is 9.15 Å². The van der Waals surface area contributed by atoms with Gasteiger partial charge in [-0.2, -0.15) is 0 Å². The molecule has 0 aliphatic carbocycles. The Morgan fingerprint density at radius 2 is 1.84 bits per heavy atom. The molecular formula is C29H25BrN2O4S2. The Labute approximate surface area is 236 Å². The van der Waals surface area contributed by atoms with Crippen molar-refractivity contribution >= 4 is 51.1 Å². The van der Waals surface area contributed by atoms with E-state index >= 15 is 0 Å². The van der Waals surface area contributed by atoms with Crippen LogP contribution in [0.4, 0.5) is 0 Å². The quantitative estimate of drug-likeness (QED) is 0.200. The molecule has 4 aromatic rings. The zero-order chi connectivity index (χ0) is 27.0. The van der Waals surface area contributed by atoms with Gasteiger partial charge in [0.05, 0.1) is 27.9 Å². The first-order valence-electron chi connectivity index (χ1n) is 12.0. The van der Waals surface area contributed by atoms with Gasteiger partial charge in [-0.1, -0.05) is 51.5 Å². The lowest BCUT2D eigenvalue weighted by molar-refractivity contribution is -0.143. The van der Waals surface area contributed by atoms with Crippen molar-refractivity contribution in [1.82, 2.24) is 4.57 Å². The van der Waals surface area contributed by atoms with Gasteiger partial charge >= 0.3 is 5.97 Å². The van der Waals surface area contributed by atoms with Crippen LogP contribution in [0.15, 0.2) is 95.5 Å². The molecular weight excluding hydrogens is 584 g/mol. The minimum atomic E-state index is -0.648. The summed E-state index contributed by atoms with van der Waals surface area (Å²) < 4.78 is 14.6. The van der Waals surface area contributed by atoms with Gasteiger partial charge in [0.15, 0.2) is 4.80 Å². The van der Waals surface area contributed by atoms with Crippen molar-refractivity contribution in [2.24, 2.45) is 4.99 Å². The number of allylic oxidation sites excluding steroid dienone is 1. The van der Waals surface area contributed by atoms with Crippen molar-refractivity contribution in [2.75, 3.05) is 6.26 Å². The van der Waals surface area contributed by atoms with Crippen molar-refractivity contribution in [1.29, 1.82) is 0 Å². The number of halogens is 1. The van der Waals surface area contributed by atoms with E-state index in [0.29, 0.717) is 32.1 Å². The van der Waals surface area contributed by atoms with Crippen LogP contribution in [0, 0.1) is 0 Å². The Hall–Kier alpha value is -3.14. The fourth-order valence-electron chi connectivity index (χ4n) is 4.29. The number of fused-ring (bicyclic) bond motifs is 1. The molecule has 0 spiro atoms. The van der Waals surface area contributed by atoms with Gasteiger partial charge in [-0.3, -0.25) is 9.36 Å². The number of ether oxygens (including phenoxy) is 1. The monoisotopic (exact) mass is 608 g/mol. The van der Waals surface area contributed by atoms with Crippen LogP contribution in [0.25, 0.3) is 17.4 Å². The van der Waals surface area contributed by atoms with Crippen molar-refractivity contribution < 1.29 is 13.9 Å². The average molecular weight is 610 g/mol. The van der Waals surface area contributed by atoms with Gasteiger partial charge in [0.2, 0.25) is 0 Å². The van der Waals surface area contributed by atoms with Crippen LogP contribution in [-0.2, 0) is 9.53 Å². The maximum atomic E-state index is 13.8. The van der Waals surface area contributed by atoms with Gasteiger partial charge in [-0.15, -0.1) is 11.8 Å². The molecule has 3 heterocycles. The van der Waals surface area contributed by atoms with Gasteiger partial charge in [0.25, 0.3) is 5.56 Å². The maximum Gasteiger partial charge on any atom is 0.338 e. The summed E-state index contributed by atoms with van der Waals surface area (Å²) in [4.78, 5) is 33.3. The number of esters is 1. The molecule has 0 saturated heterocycles. The number of aromatic nitrogens is 1. The average Bonchev–Trinajstić information content (AvgIpc) is 3.47. The molecule has 0 fully saturated rings. The molecule has 2 aromatic carbocycles. The number of thiazole rings is 1. The Balaban J connectivity index is 1.62. The van der Waals surface area contributed by atoms with Crippen molar-refractivity contribution in [3.8, 4) is 11.3 Å². The predicted octanol–water partition coefficient (Wildman–Crippen LogP) is 5.93. The highest BCUT2D eigenvalue weighted by atomic mass is 79.9. The molecule has 5 rings (SSSR count). The highest BCUT2D eigenvalue weighted by Gasteiger charge is 2.33. The largest absolute Gasteiger partial charge is 0.459 e. The zero-order valence-electron chi connectivity index (χ0n) is 21.2. The molecule has 0 radical (unpaired) electrons. The molecule has 0 N–H and O–H groups in total. The highest BCUT2D eigenvalue weighted by Crippen LogP contribution is 2.32. The van der Waals surface area contributed by atoms with Gasteiger partial charge in [-0.25, -0.2) is 9.79 Å². The van der Waals surface area contributed by atoms with E-state index in [1.165, 1.54) is 11.3 Å². The molecule has 0 saturated carbocycles. The number of benzene rings is 2. The summed E-state index contributed by atoms with van der Waals surface area (Å²) in [5.74, 6) is 0.793. The third-order valence-electron chi connectivity index (χ3n) is 6.04. The summed E-state index contributed by atoms with van der Waals surface area (Å²) in [6, 6.07) is 18.8. The number of carbonyl (C=O) groups is 1. The van der Waals surface area contributed by atoms with E-state index in [1.54, 1.807) is 43.2 Å². The fraction of sp³-hybridized carbons (Fsp3) is 0.207. The van der Waals surface area contributed by atoms with Crippen LogP contribution in [0.5, 0.6) is 0 Å². The van der Waals surface area contributed by atoms with Gasteiger partial charge < -0.3 is 9.15 Å². The number of carbonyl (C=O) groups excluding carboxylic acids is 1. The second-order valence-corrected chi connectivity index (χ2v) is 11.8. The Bertz CT molecular complexity index is 1710. The van der Waals surface area contributed by atoms with E-state index in [-0.39, 0.29) is 11.7 Å². The first-order chi connectivity index (χ1) is 18.2. The molecule has 194 valence electrons. The lowest BCUT2D eigenvalue weighted by Gasteiger charge is -2.25. The van der Waals surface area contributed by atoms with E-state index in [9.17, 15) is 9.59 Å². The summed E-state index contributed by atoms with van der Waals surface area (Å²) in [5, 5.41) is 0. The SMILES string of the molecule is CSc1ccc(C2C(C(=O)OC(C)C)=C(C)N=c3sc(=Cc4ccc(-c5ccc(Br)cc5)o4)c(=O)n32)cc1. The van der Waals surface area contributed by atoms with Crippen molar-refractivity contribution in [3.05, 3.63) is 107 Å². The van der Waals surface area contributed by atoms with Gasteiger partial charge in [0, 0.05) is 21.0 Å². The van der Waals surface area contributed by atoms with E-state index in [0.717, 1.165) is 20.5 Å². The lowest BCUT2D eigenvalue weighted by atomic mass is 9.96. The molecule has 0 amide bonds. The molecule has 1 aliphatic heterocycles. The molecule has 1 unspecified atom stereocenters. The Kier molecular flexibility index (Phi) is 7.61. The summed E-state index contributed by atoms with van der Waals surface area (Å²) in [7, 11) is 0. The summed E-state index contributed by atoms with van der Waals surface area (Å²) in [5.41, 5.74) is 2.42. The Morgan fingerprint density at radius 1 is 1.13 bits per heavy atom. The van der Waals surface area contributed by atoms with Gasteiger partial charge in [-0.05, 0) is 69.0 Å². The van der Waals surface area contributed by atoms with Crippen LogP contribution < -0.4 is 14.9 Å². The first-order valence-corrected chi connectivity index (χ1v) is 14.8. The minimum absolute atomic E-state index is 0.239. The number of hydrogen-bond acceptors (Lipinski definition) is 7. The third-order valence-corrected chi connectivity index (χ3v) is 8.30. The lowest BCUT2D eigenvalue weighted by Crippen LogP contribution is -2.40. The smallest absolute Gasteiger partial charge is 0.338 e. The molecule has 2 aromatic heterocycles. The van der Waals surface area contributed by atoms with Crippen molar-refractivity contribution in [2.45, 2.75) is 37.8 Å². The van der Waals surface area contributed by atoms with Crippen LogP contribution in [0.2, 0.25) is 0 Å². The first kappa shape index (κ1) is 26.5. The minimum Gasteiger partial charge on any atom is -0.459 e. The van der Waals surface area contributed by atoms with Gasteiger partial charge in [0.1, 0.15) is 11.5 Å². The number of thioether (sulfide) groups is 1. The fourth-order valence-corrected chi connectivity index (χ4v) is 5.99. The standard InChI is InChI=1S/C29H25BrN2O4S2/c1-16(2)35-28(34)25-17(3)31-29-32(26(25)19-7-12-22(37-4)13-8-19)27(33)24(38-29)15-21-11-14-23(36-21)18-5-9-20(30)10-6-18/h5-16,26H,1-4H3. The summed E-state index contributed by atoms with van der Waals surface area (Å²) >= 11 is 6.35. The number of rotatable bonds is 6. The second kappa shape index (κ2) is 10.9. The number of furan rings is 1. The second-order valence-electron chi connectivity index (χ2n) is 9.02. The maximum absolute atomic E-state index is 13.8. The zero-order valence-corrected chi connectivity index (χ0v) is 24.4.